The molecule has 192 valence electrons. The molecule has 0 spiro atoms. The van der Waals surface area contributed by atoms with Crippen LogP contribution in [0.4, 0.5) is 24.5 Å². The lowest BCUT2D eigenvalue weighted by Crippen LogP contribution is -2.43. The van der Waals surface area contributed by atoms with Crippen LogP contribution >= 0.6 is 11.3 Å². The highest BCUT2D eigenvalue weighted by atomic mass is 32.1. The van der Waals surface area contributed by atoms with Crippen LogP contribution in [0.3, 0.4) is 0 Å². The Morgan fingerprint density at radius 3 is 2.62 bits per heavy atom. The number of fused-ring (bicyclic) bond motifs is 1. The third-order valence-corrected chi connectivity index (χ3v) is 7.39. The van der Waals surface area contributed by atoms with Gasteiger partial charge in [0.15, 0.2) is 0 Å². The SMILES string of the molecule is CN1CCN(Cc2cccc(-c3cc4nccc(Nc5cccc(OC(=O)C(F)(F)F)c5)c4s3)c2)CC1. The second-order valence-corrected chi connectivity index (χ2v) is 10.1. The van der Waals surface area contributed by atoms with Gasteiger partial charge in [0.2, 0.25) is 0 Å². The van der Waals surface area contributed by atoms with Gasteiger partial charge in [-0.25, -0.2) is 4.79 Å². The molecule has 0 radical (unpaired) electrons. The highest BCUT2D eigenvalue weighted by Gasteiger charge is 2.41. The number of ether oxygens (including phenoxy) is 1. The number of anilines is 2. The highest BCUT2D eigenvalue weighted by molar-refractivity contribution is 7.22. The van der Waals surface area contributed by atoms with E-state index >= 15 is 0 Å². The molecule has 10 heteroatoms. The van der Waals surface area contributed by atoms with Crippen molar-refractivity contribution in [2.45, 2.75) is 12.7 Å². The van der Waals surface area contributed by atoms with E-state index in [1.165, 1.54) is 23.8 Å². The molecule has 1 N–H and O–H groups in total. The van der Waals surface area contributed by atoms with Crippen molar-refractivity contribution in [1.82, 2.24) is 14.8 Å². The van der Waals surface area contributed by atoms with E-state index in [1.807, 2.05) is 6.07 Å². The lowest BCUT2D eigenvalue weighted by molar-refractivity contribution is -0.189. The van der Waals surface area contributed by atoms with Crippen molar-refractivity contribution in [1.29, 1.82) is 0 Å². The van der Waals surface area contributed by atoms with Crippen LogP contribution in [0.15, 0.2) is 66.9 Å². The molecule has 0 saturated carbocycles. The van der Waals surface area contributed by atoms with Gasteiger partial charge in [0.1, 0.15) is 5.75 Å². The quantitative estimate of drug-likeness (QED) is 0.249. The van der Waals surface area contributed by atoms with Crippen molar-refractivity contribution in [3.63, 3.8) is 0 Å². The molecule has 1 saturated heterocycles. The molecule has 4 aromatic rings. The Balaban J connectivity index is 1.35. The molecular weight excluding hydrogens is 501 g/mol. The molecule has 0 amide bonds. The molecule has 2 aromatic carbocycles. The van der Waals surface area contributed by atoms with Crippen molar-refractivity contribution in [2.24, 2.45) is 0 Å². The van der Waals surface area contributed by atoms with E-state index in [0.29, 0.717) is 5.69 Å². The molecule has 0 bridgehead atoms. The molecule has 1 aliphatic rings. The maximum absolute atomic E-state index is 12.6. The Morgan fingerprint density at radius 1 is 1.05 bits per heavy atom. The number of carbonyl (C=O) groups is 1. The number of hydrogen-bond acceptors (Lipinski definition) is 7. The van der Waals surface area contributed by atoms with Gasteiger partial charge in [-0.2, -0.15) is 13.2 Å². The number of aromatic nitrogens is 1. The monoisotopic (exact) mass is 526 g/mol. The zero-order chi connectivity index (χ0) is 26.0. The maximum atomic E-state index is 12.6. The van der Waals surface area contributed by atoms with E-state index in [9.17, 15) is 18.0 Å². The number of esters is 1. The third kappa shape index (κ3) is 6.10. The van der Waals surface area contributed by atoms with Crippen LogP contribution in [0.5, 0.6) is 5.75 Å². The predicted octanol–water partition coefficient (Wildman–Crippen LogP) is 5.92. The average molecular weight is 527 g/mol. The Morgan fingerprint density at radius 2 is 1.84 bits per heavy atom. The smallest absolute Gasteiger partial charge is 0.420 e. The molecule has 3 heterocycles. The molecule has 1 fully saturated rings. The van der Waals surface area contributed by atoms with Gasteiger partial charge in [-0.1, -0.05) is 24.3 Å². The van der Waals surface area contributed by atoms with Gasteiger partial charge < -0.3 is 15.0 Å². The standard InChI is InChI=1S/C27H25F3N4O2S/c1-33-10-12-34(13-11-33)17-18-4-2-5-19(14-18)24-16-23-25(37-24)22(8-9-31-23)32-20-6-3-7-21(15-20)36-26(35)27(28,29)30/h2-9,14-16H,10-13,17H2,1H3,(H,31,32). The lowest BCUT2D eigenvalue weighted by Gasteiger charge is -2.32. The number of nitrogens with one attached hydrogen (secondary N) is 1. The van der Waals surface area contributed by atoms with Crippen molar-refractivity contribution < 1.29 is 22.7 Å². The fourth-order valence-electron chi connectivity index (χ4n) is 4.22. The maximum Gasteiger partial charge on any atom is 0.491 e. The second-order valence-electron chi connectivity index (χ2n) is 9.00. The number of likely N-dealkylation sites (N-methyl/N-ethyl adjacent to an activating group) is 1. The number of benzene rings is 2. The minimum Gasteiger partial charge on any atom is -0.420 e. The fourth-order valence-corrected chi connectivity index (χ4v) is 5.30. The zero-order valence-electron chi connectivity index (χ0n) is 20.1. The number of halogens is 3. The van der Waals surface area contributed by atoms with E-state index in [2.05, 4.69) is 56.2 Å². The van der Waals surface area contributed by atoms with E-state index in [0.717, 1.165) is 59.1 Å². The summed E-state index contributed by atoms with van der Waals surface area (Å²) >= 11 is 1.59. The summed E-state index contributed by atoms with van der Waals surface area (Å²) in [5.74, 6) is -2.45. The molecule has 0 atom stereocenters. The van der Waals surface area contributed by atoms with E-state index in [1.54, 1.807) is 29.7 Å². The molecule has 37 heavy (non-hydrogen) atoms. The number of rotatable bonds is 6. The van der Waals surface area contributed by atoms with Crippen LogP contribution < -0.4 is 10.1 Å². The first-order chi connectivity index (χ1) is 17.7. The van der Waals surface area contributed by atoms with Gasteiger partial charge in [-0.05, 0) is 48.5 Å². The summed E-state index contributed by atoms with van der Waals surface area (Å²) < 4.78 is 43.0. The first-order valence-electron chi connectivity index (χ1n) is 11.8. The number of piperazine rings is 1. The van der Waals surface area contributed by atoms with Crippen molar-refractivity contribution >= 4 is 38.9 Å². The largest absolute Gasteiger partial charge is 0.491 e. The second kappa shape index (κ2) is 10.5. The molecule has 0 unspecified atom stereocenters. The number of alkyl halides is 3. The molecule has 2 aromatic heterocycles. The fraction of sp³-hybridized carbons (Fsp3) is 0.259. The van der Waals surface area contributed by atoms with Crippen LogP contribution in [0.1, 0.15) is 5.56 Å². The van der Waals surface area contributed by atoms with Gasteiger partial charge in [0, 0.05) is 55.6 Å². The van der Waals surface area contributed by atoms with Crippen LogP contribution in [0.25, 0.3) is 20.7 Å². The third-order valence-electron chi connectivity index (χ3n) is 6.18. The molecule has 1 aliphatic heterocycles. The summed E-state index contributed by atoms with van der Waals surface area (Å²) in [6.07, 6.45) is -3.38. The van der Waals surface area contributed by atoms with Crippen LogP contribution in [0, 0.1) is 0 Å². The number of carbonyl (C=O) groups excluding carboxylic acids is 1. The van der Waals surface area contributed by atoms with Crippen LogP contribution in [-0.4, -0.2) is 60.2 Å². The minimum atomic E-state index is -5.06. The Kier molecular flexibility index (Phi) is 7.14. The Hall–Kier alpha value is -3.47. The number of nitrogens with zero attached hydrogens (tertiary/aromatic N) is 3. The number of pyridine rings is 1. The first kappa shape index (κ1) is 25.2. The summed E-state index contributed by atoms with van der Waals surface area (Å²) in [6.45, 7) is 5.17. The summed E-state index contributed by atoms with van der Waals surface area (Å²) in [4.78, 5) is 21.6. The molecule has 0 aliphatic carbocycles. The topological polar surface area (TPSA) is 57.7 Å². The van der Waals surface area contributed by atoms with Gasteiger partial charge in [0.25, 0.3) is 0 Å². The van der Waals surface area contributed by atoms with Crippen molar-refractivity contribution in [3.8, 4) is 16.2 Å². The molecule has 5 rings (SSSR count). The van der Waals surface area contributed by atoms with Gasteiger partial charge >= 0.3 is 12.1 Å². The van der Waals surface area contributed by atoms with Gasteiger partial charge in [0.05, 0.1) is 15.9 Å². The van der Waals surface area contributed by atoms with E-state index in [4.69, 9.17) is 0 Å². The number of hydrogen-bond donors (Lipinski definition) is 1. The minimum absolute atomic E-state index is 0.193. The normalized spacial score (nSPS) is 15.1. The van der Waals surface area contributed by atoms with Crippen molar-refractivity contribution in [3.05, 3.63) is 72.4 Å². The van der Waals surface area contributed by atoms with Gasteiger partial charge in [-0.15, -0.1) is 11.3 Å². The highest BCUT2D eigenvalue weighted by Crippen LogP contribution is 2.38. The predicted molar refractivity (Wildman–Crippen MR) is 139 cm³/mol. The summed E-state index contributed by atoms with van der Waals surface area (Å²) in [7, 11) is 2.15. The molecular formula is C27H25F3N4O2S. The van der Waals surface area contributed by atoms with E-state index in [-0.39, 0.29) is 5.75 Å². The summed E-state index contributed by atoms with van der Waals surface area (Å²) in [5, 5.41) is 3.22. The van der Waals surface area contributed by atoms with Crippen molar-refractivity contribution in [2.75, 3.05) is 38.5 Å². The lowest BCUT2D eigenvalue weighted by atomic mass is 10.1. The summed E-state index contributed by atoms with van der Waals surface area (Å²) in [5.41, 5.74) is 4.44. The Bertz CT molecular complexity index is 1410. The summed E-state index contributed by atoms with van der Waals surface area (Å²) in [6, 6.07) is 18.2. The molecule has 6 nitrogen and oxygen atoms in total. The van der Waals surface area contributed by atoms with Crippen LogP contribution in [0.2, 0.25) is 0 Å². The Labute approximate surface area is 216 Å². The van der Waals surface area contributed by atoms with E-state index < -0.39 is 12.1 Å². The average Bonchev–Trinajstić information content (AvgIpc) is 3.31. The number of thiophene rings is 1. The zero-order valence-corrected chi connectivity index (χ0v) is 20.9. The first-order valence-corrected chi connectivity index (χ1v) is 12.6. The van der Waals surface area contributed by atoms with Gasteiger partial charge in [-0.3, -0.25) is 9.88 Å². The van der Waals surface area contributed by atoms with Crippen LogP contribution in [-0.2, 0) is 11.3 Å².